The summed E-state index contributed by atoms with van der Waals surface area (Å²) in [5.74, 6) is 0.957. The second kappa shape index (κ2) is 7.77. The van der Waals surface area contributed by atoms with Gasteiger partial charge in [-0.2, -0.15) is 4.37 Å². The summed E-state index contributed by atoms with van der Waals surface area (Å²) in [5, 5.41) is 0.956. The third-order valence-corrected chi connectivity index (χ3v) is 5.14. The molecular formula is C13H23Cl2N5OS. The number of carbonyl (C=O) groups is 1. The minimum atomic E-state index is -0.596. The summed E-state index contributed by atoms with van der Waals surface area (Å²) in [4.78, 5) is 21.1. The molecule has 1 saturated carbocycles. The van der Waals surface area contributed by atoms with E-state index in [0.29, 0.717) is 0 Å². The number of nitrogens with two attached hydrogens (primary N) is 1. The predicted octanol–water partition coefficient (Wildman–Crippen LogP) is 1.61. The van der Waals surface area contributed by atoms with Gasteiger partial charge in [-0.1, -0.05) is 12.8 Å². The number of anilines is 1. The van der Waals surface area contributed by atoms with Crippen molar-refractivity contribution in [2.45, 2.75) is 38.1 Å². The molecule has 0 aromatic carbocycles. The van der Waals surface area contributed by atoms with Crippen molar-refractivity contribution in [1.82, 2.24) is 14.3 Å². The number of rotatable bonds is 2. The fourth-order valence-electron chi connectivity index (χ4n) is 3.05. The molecule has 1 aliphatic heterocycles. The lowest BCUT2D eigenvalue weighted by molar-refractivity contribution is -0.137. The Kier molecular flexibility index (Phi) is 6.85. The highest BCUT2D eigenvalue weighted by Crippen LogP contribution is 2.29. The van der Waals surface area contributed by atoms with Crippen LogP contribution in [0.4, 0.5) is 5.13 Å². The third kappa shape index (κ3) is 3.82. The van der Waals surface area contributed by atoms with Crippen LogP contribution < -0.4 is 10.6 Å². The van der Waals surface area contributed by atoms with Gasteiger partial charge in [0.05, 0.1) is 5.54 Å². The first-order valence-corrected chi connectivity index (χ1v) is 7.99. The highest BCUT2D eigenvalue weighted by Gasteiger charge is 2.40. The molecule has 1 aromatic rings. The lowest BCUT2D eigenvalue weighted by atomic mass is 9.97. The molecule has 2 fully saturated rings. The summed E-state index contributed by atoms with van der Waals surface area (Å²) in [6.07, 6.45) is 3.82. The second-order valence-electron chi connectivity index (χ2n) is 5.77. The average Bonchev–Trinajstić information content (AvgIpc) is 3.08. The van der Waals surface area contributed by atoms with Crippen molar-refractivity contribution in [3.05, 3.63) is 5.82 Å². The zero-order valence-electron chi connectivity index (χ0n) is 12.7. The van der Waals surface area contributed by atoms with E-state index in [1.165, 1.54) is 11.5 Å². The number of carbonyl (C=O) groups excluding carboxylic acids is 1. The summed E-state index contributed by atoms with van der Waals surface area (Å²) in [7, 11) is 0. The molecule has 3 rings (SSSR count). The smallest absolute Gasteiger partial charge is 0.242 e. The molecular weight excluding hydrogens is 345 g/mol. The number of halogens is 2. The van der Waals surface area contributed by atoms with Gasteiger partial charge in [0.2, 0.25) is 11.0 Å². The van der Waals surface area contributed by atoms with Gasteiger partial charge in [0.15, 0.2) is 0 Å². The van der Waals surface area contributed by atoms with Gasteiger partial charge in [0, 0.05) is 37.7 Å². The molecule has 22 heavy (non-hydrogen) atoms. The number of nitrogens with zero attached hydrogens (tertiary/aromatic N) is 4. The Bertz CT molecular complexity index is 498. The Morgan fingerprint density at radius 2 is 1.77 bits per heavy atom. The van der Waals surface area contributed by atoms with Gasteiger partial charge in [0.25, 0.3) is 0 Å². The number of aryl methyl sites for hydroxylation is 1. The molecule has 0 radical (unpaired) electrons. The molecule has 2 heterocycles. The molecule has 1 aromatic heterocycles. The van der Waals surface area contributed by atoms with E-state index in [-0.39, 0.29) is 30.7 Å². The molecule has 6 nitrogen and oxygen atoms in total. The zero-order chi connectivity index (χ0) is 14.2. The fraction of sp³-hybridized carbons (Fsp3) is 0.769. The average molecular weight is 368 g/mol. The van der Waals surface area contributed by atoms with Crippen LogP contribution in [0, 0.1) is 6.92 Å². The molecule has 1 amide bonds. The third-order valence-electron chi connectivity index (χ3n) is 4.28. The quantitative estimate of drug-likeness (QED) is 0.859. The molecule has 2 N–H and O–H groups in total. The Hall–Kier alpha value is -0.630. The number of amides is 1. The molecule has 0 bridgehead atoms. The molecule has 9 heteroatoms. The molecule has 126 valence electrons. The minimum Gasteiger partial charge on any atom is -0.343 e. The van der Waals surface area contributed by atoms with Crippen LogP contribution >= 0.6 is 36.3 Å². The highest BCUT2D eigenvalue weighted by molar-refractivity contribution is 7.09. The van der Waals surface area contributed by atoms with E-state index < -0.39 is 5.54 Å². The van der Waals surface area contributed by atoms with Crippen molar-refractivity contribution < 1.29 is 4.79 Å². The SMILES string of the molecule is Cc1nsc(N2CCN(C(=O)C3(N)CCCC3)CC2)n1.Cl.Cl. The van der Waals surface area contributed by atoms with E-state index in [4.69, 9.17) is 5.73 Å². The Morgan fingerprint density at radius 1 is 1.18 bits per heavy atom. The number of piperazine rings is 1. The van der Waals surface area contributed by atoms with Crippen molar-refractivity contribution in [2.24, 2.45) is 5.73 Å². The maximum Gasteiger partial charge on any atom is 0.242 e. The van der Waals surface area contributed by atoms with Crippen molar-refractivity contribution >= 4 is 47.4 Å². The van der Waals surface area contributed by atoms with E-state index in [2.05, 4.69) is 14.3 Å². The normalized spacial score (nSPS) is 20.3. The molecule has 0 unspecified atom stereocenters. The van der Waals surface area contributed by atoms with Gasteiger partial charge in [-0.25, -0.2) is 4.98 Å². The maximum atomic E-state index is 12.5. The van der Waals surface area contributed by atoms with Crippen LogP contribution in [-0.4, -0.2) is 51.9 Å². The van der Waals surface area contributed by atoms with E-state index in [0.717, 1.165) is 62.8 Å². The molecule has 1 aliphatic carbocycles. The number of hydrogen-bond acceptors (Lipinski definition) is 6. The fourth-order valence-corrected chi connectivity index (χ4v) is 3.78. The topological polar surface area (TPSA) is 75.4 Å². The molecule has 0 spiro atoms. The first-order valence-electron chi connectivity index (χ1n) is 7.22. The lowest BCUT2D eigenvalue weighted by Crippen LogP contribution is -2.58. The summed E-state index contributed by atoms with van der Waals surface area (Å²) in [6, 6.07) is 0. The highest BCUT2D eigenvalue weighted by atomic mass is 35.5. The van der Waals surface area contributed by atoms with Crippen LogP contribution in [-0.2, 0) is 4.79 Å². The molecule has 0 atom stereocenters. The first-order chi connectivity index (χ1) is 9.58. The van der Waals surface area contributed by atoms with Gasteiger partial charge in [-0.3, -0.25) is 4.79 Å². The van der Waals surface area contributed by atoms with Gasteiger partial charge in [0.1, 0.15) is 5.82 Å². The second-order valence-corrected chi connectivity index (χ2v) is 6.50. The molecule has 1 saturated heterocycles. The first kappa shape index (κ1) is 19.4. The standard InChI is InChI=1S/C13H21N5OS.2ClH/c1-10-15-12(20-16-10)18-8-6-17(7-9-18)11(19)13(14)4-2-3-5-13;;/h2-9,14H2,1H3;2*1H. The van der Waals surface area contributed by atoms with Crippen LogP contribution in [0.15, 0.2) is 0 Å². The van der Waals surface area contributed by atoms with E-state index in [1.54, 1.807) is 0 Å². The van der Waals surface area contributed by atoms with Crippen LogP contribution in [0.25, 0.3) is 0 Å². The van der Waals surface area contributed by atoms with E-state index in [9.17, 15) is 4.79 Å². The lowest BCUT2D eigenvalue weighted by Gasteiger charge is -2.38. The van der Waals surface area contributed by atoms with Crippen LogP contribution in [0.1, 0.15) is 31.5 Å². The van der Waals surface area contributed by atoms with Crippen molar-refractivity contribution in [3.63, 3.8) is 0 Å². The van der Waals surface area contributed by atoms with Crippen LogP contribution in [0.5, 0.6) is 0 Å². The van der Waals surface area contributed by atoms with Crippen molar-refractivity contribution in [1.29, 1.82) is 0 Å². The van der Waals surface area contributed by atoms with Crippen LogP contribution in [0.2, 0.25) is 0 Å². The Balaban J connectivity index is 0.00000121. The van der Waals surface area contributed by atoms with Gasteiger partial charge < -0.3 is 15.5 Å². The van der Waals surface area contributed by atoms with Gasteiger partial charge >= 0.3 is 0 Å². The maximum absolute atomic E-state index is 12.5. The van der Waals surface area contributed by atoms with Gasteiger partial charge in [-0.15, -0.1) is 24.8 Å². The summed E-state index contributed by atoms with van der Waals surface area (Å²) in [5.41, 5.74) is 5.66. The predicted molar refractivity (Wildman–Crippen MR) is 93.3 cm³/mol. The van der Waals surface area contributed by atoms with Crippen LogP contribution in [0.3, 0.4) is 0 Å². The molecule has 2 aliphatic rings. The monoisotopic (exact) mass is 367 g/mol. The van der Waals surface area contributed by atoms with Crippen molar-refractivity contribution in [2.75, 3.05) is 31.1 Å². The number of hydrogen-bond donors (Lipinski definition) is 1. The van der Waals surface area contributed by atoms with E-state index in [1.807, 2.05) is 11.8 Å². The summed E-state index contributed by atoms with van der Waals surface area (Å²) < 4.78 is 4.21. The summed E-state index contributed by atoms with van der Waals surface area (Å²) in [6.45, 7) is 5.00. The van der Waals surface area contributed by atoms with Crippen molar-refractivity contribution in [3.8, 4) is 0 Å². The minimum absolute atomic E-state index is 0. The Morgan fingerprint density at radius 3 is 2.27 bits per heavy atom. The van der Waals surface area contributed by atoms with E-state index >= 15 is 0 Å². The zero-order valence-corrected chi connectivity index (χ0v) is 15.1. The largest absolute Gasteiger partial charge is 0.343 e. The van der Waals surface area contributed by atoms with Gasteiger partial charge in [-0.05, 0) is 19.8 Å². The summed E-state index contributed by atoms with van der Waals surface area (Å²) >= 11 is 1.43. The Labute approximate surface area is 147 Å². The number of aromatic nitrogens is 2.